The van der Waals surface area contributed by atoms with Crippen LogP contribution in [-0.2, 0) is 11.8 Å². The van der Waals surface area contributed by atoms with Gasteiger partial charge in [-0.25, -0.2) is 0 Å². The summed E-state index contributed by atoms with van der Waals surface area (Å²) in [5.41, 5.74) is 0.559. The highest BCUT2D eigenvalue weighted by molar-refractivity contribution is 5.90. The Morgan fingerprint density at radius 3 is 2.77 bits per heavy atom. The number of nitrogens with one attached hydrogen (secondary N) is 1. The summed E-state index contributed by atoms with van der Waals surface area (Å²) in [4.78, 5) is 22.0. The normalized spacial score (nSPS) is 9.69. The van der Waals surface area contributed by atoms with E-state index in [9.17, 15) is 9.59 Å². The van der Waals surface area contributed by atoms with Crippen LogP contribution in [0.5, 0.6) is 0 Å². The van der Waals surface area contributed by atoms with Crippen LogP contribution < -0.4 is 10.9 Å². The van der Waals surface area contributed by atoms with Crippen molar-refractivity contribution in [1.82, 2.24) is 4.57 Å². The van der Waals surface area contributed by atoms with Crippen molar-refractivity contribution in [2.24, 2.45) is 7.05 Å². The topological polar surface area (TPSA) is 51.1 Å². The third-order valence-electron chi connectivity index (χ3n) is 1.69. The van der Waals surface area contributed by atoms with Crippen LogP contribution in [0.2, 0.25) is 0 Å². The van der Waals surface area contributed by atoms with E-state index in [2.05, 4.69) is 5.32 Å². The molecule has 0 radical (unpaired) electrons. The maximum absolute atomic E-state index is 11.0. The van der Waals surface area contributed by atoms with Gasteiger partial charge >= 0.3 is 0 Å². The van der Waals surface area contributed by atoms with Gasteiger partial charge in [0.05, 0.1) is 5.69 Å². The lowest BCUT2D eigenvalue weighted by atomic mass is 10.4. The second kappa shape index (κ2) is 3.89. The van der Waals surface area contributed by atoms with E-state index in [-0.39, 0.29) is 11.5 Å². The van der Waals surface area contributed by atoms with Crippen molar-refractivity contribution in [2.75, 3.05) is 5.32 Å². The third-order valence-corrected chi connectivity index (χ3v) is 1.69. The predicted molar refractivity (Wildman–Crippen MR) is 50.6 cm³/mol. The highest BCUT2D eigenvalue weighted by Crippen LogP contribution is 2.02. The predicted octanol–water partition coefficient (Wildman–Crippen LogP) is 0.734. The molecule has 13 heavy (non-hydrogen) atoms. The van der Waals surface area contributed by atoms with Crippen molar-refractivity contribution in [3.63, 3.8) is 0 Å². The molecule has 0 spiro atoms. The molecule has 0 saturated carbocycles. The average molecular weight is 180 g/mol. The number of hydrogen-bond donors (Lipinski definition) is 1. The van der Waals surface area contributed by atoms with Crippen molar-refractivity contribution < 1.29 is 4.79 Å². The molecule has 0 aromatic carbocycles. The molecule has 1 aromatic heterocycles. The highest BCUT2D eigenvalue weighted by atomic mass is 16.1. The van der Waals surface area contributed by atoms with Crippen LogP contribution >= 0.6 is 0 Å². The zero-order chi connectivity index (χ0) is 9.84. The second-order valence-corrected chi connectivity index (χ2v) is 2.77. The van der Waals surface area contributed by atoms with Crippen LogP contribution in [0.4, 0.5) is 5.69 Å². The Balaban J connectivity index is 2.86. The van der Waals surface area contributed by atoms with Crippen molar-refractivity contribution >= 4 is 11.6 Å². The van der Waals surface area contributed by atoms with Crippen molar-refractivity contribution in [2.45, 2.75) is 13.3 Å². The summed E-state index contributed by atoms with van der Waals surface area (Å²) in [6, 6.07) is 3.02. The Labute approximate surface area is 76.2 Å². The fourth-order valence-corrected chi connectivity index (χ4v) is 0.917. The van der Waals surface area contributed by atoms with E-state index in [0.717, 1.165) is 0 Å². The summed E-state index contributed by atoms with van der Waals surface area (Å²) in [6.07, 6.45) is 2.03. The second-order valence-electron chi connectivity index (χ2n) is 2.77. The van der Waals surface area contributed by atoms with Gasteiger partial charge in [-0.05, 0) is 6.07 Å². The molecule has 0 unspecified atom stereocenters. The van der Waals surface area contributed by atoms with E-state index in [4.69, 9.17) is 0 Å². The summed E-state index contributed by atoms with van der Waals surface area (Å²) in [5, 5.41) is 2.66. The van der Waals surface area contributed by atoms with Crippen LogP contribution in [0, 0.1) is 0 Å². The smallest absolute Gasteiger partial charge is 0.250 e. The molecule has 1 aromatic rings. The minimum absolute atomic E-state index is 0.0568. The molecular weight excluding hydrogens is 168 g/mol. The molecule has 0 atom stereocenters. The Morgan fingerprint density at radius 2 is 2.23 bits per heavy atom. The maximum atomic E-state index is 11.0. The largest absolute Gasteiger partial charge is 0.325 e. The summed E-state index contributed by atoms with van der Waals surface area (Å²) in [6.45, 7) is 1.78. The van der Waals surface area contributed by atoms with Gasteiger partial charge in [-0.15, -0.1) is 0 Å². The third kappa shape index (κ3) is 2.43. The number of aryl methyl sites for hydroxylation is 1. The summed E-state index contributed by atoms with van der Waals surface area (Å²) in [5.74, 6) is -0.0568. The molecule has 0 fully saturated rings. The standard InChI is InChI=1S/C9H12N2O2/c1-3-8(12)10-7-4-5-9(13)11(2)6-7/h4-6H,3H2,1-2H3,(H,10,12). The molecule has 4 nitrogen and oxygen atoms in total. The van der Waals surface area contributed by atoms with Gasteiger partial charge in [0, 0.05) is 25.7 Å². The van der Waals surface area contributed by atoms with Gasteiger partial charge in [-0.1, -0.05) is 6.92 Å². The monoisotopic (exact) mass is 180 g/mol. The molecule has 0 aliphatic carbocycles. The Morgan fingerprint density at radius 1 is 1.54 bits per heavy atom. The lowest BCUT2D eigenvalue weighted by Crippen LogP contribution is -2.17. The van der Waals surface area contributed by atoms with Gasteiger partial charge in [0.2, 0.25) is 11.5 Å². The molecular formula is C9H12N2O2. The molecule has 1 N–H and O–H groups in total. The molecule has 4 heteroatoms. The minimum Gasteiger partial charge on any atom is -0.325 e. The number of carbonyl (C=O) groups is 1. The minimum atomic E-state index is -0.0884. The van der Waals surface area contributed by atoms with Crippen LogP contribution in [0.3, 0.4) is 0 Å². The molecule has 1 amide bonds. The number of hydrogen-bond acceptors (Lipinski definition) is 2. The van der Waals surface area contributed by atoms with E-state index in [1.54, 1.807) is 26.2 Å². The zero-order valence-electron chi connectivity index (χ0n) is 7.70. The van der Waals surface area contributed by atoms with Gasteiger partial charge in [0.15, 0.2) is 0 Å². The molecule has 70 valence electrons. The first-order valence-corrected chi connectivity index (χ1v) is 4.10. The number of aromatic nitrogens is 1. The lowest BCUT2D eigenvalue weighted by Gasteiger charge is -2.04. The SMILES string of the molecule is CCC(=O)Nc1ccc(=O)n(C)c1. The maximum Gasteiger partial charge on any atom is 0.250 e. The molecule has 0 aliphatic heterocycles. The summed E-state index contributed by atoms with van der Waals surface area (Å²) < 4.78 is 1.42. The summed E-state index contributed by atoms with van der Waals surface area (Å²) in [7, 11) is 1.64. The first-order chi connectivity index (χ1) is 6.13. The molecule has 1 heterocycles. The van der Waals surface area contributed by atoms with Crippen LogP contribution in [0.1, 0.15) is 13.3 Å². The fourth-order valence-electron chi connectivity index (χ4n) is 0.917. The van der Waals surface area contributed by atoms with E-state index in [1.165, 1.54) is 10.6 Å². The van der Waals surface area contributed by atoms with Gasteiger partial charge in [0.1, 0.15) is 0 Å². The number of rotatable bonds is 2. The number of carbonyl (C=O) groups excluding carboxylic acids is 1. The molecule has 0 saturated heterocycles. The Kier molecular flexibility index (Phi) is 2.84. The first kappa shape index (κ1) is 9.51. The van der Waals surface area contributed by atoms with Gasteiger partial charge in [-0.2, -0.15) is 0 Å². The lowest BCUT2D eigenvalue weighted by molar-refractivity contribution is -0.115. The van der Waals surface area contributed by atoms with E-state index >= 15 is 0 Å². The summed E-state index contributed by atoms with van der Waals surface area (Å²) >= 11 is 0. The zero-order valence-corrected chi connectivity index (χ0v) is 7.70. The number of amides is 1. The van der Waals surface area contributed by atoms with Crippen molar-refractivity contribution in [3.8, 4) is 0 Å². The Bertz CT molecular complexity index is 368. The van der Waals surface area contributed by atoms with Crippen molar-refractivity contribution in [3.05, 3.63) is 28.7 Å². The van der Waals surface area contributed by atoms with Gasteiger partial charge in [0.25, 0.3) is 0 Å². The number of pyridine rings is 1. The van der Waals surface area contributed by atoms with Gasteiger partial charge in [-0.3, -0.25) is 9.59 Å². The first-order valence-electron chi connectivity index (χ1n) is 4.10. The highest BCUT2D eigenvalue weighted by Gasteiger charge is 1.98. The fraction of sp³-hybridized carbons (Fsp3) is 0.333. The average Bonchev–Trinajstić information content (AvgIpc) is 2.11. The quantitative estimate of drug-likeness (QED) is 0.729. The molecule has 0 aliphatic rings. The van der Waals surface area contributed by atoms with Crippen molar-refractivity contribution in [1.29, 1.82) is 0 Å². The van der Waals surface area contributed by atoms with E-state index in [0.29, 0.717) is 12.1 Å². The molecule has 0 bridgehead atoms. The Hall–Kier alpha value is -1.58. The van der Waals surface area contributed by atoms with Gasteiger partial charge < -0.3 is 9.88 Å². The number of anilines is 1. The molecule has 1 rings (SSSR count). The number of nitrogens with zero attached hydrogens (tertiary/aromatic N) is 1. The van der Waals surface area contributed by atoms with Crippen LogP contribution in [0.15, 0.2) is 23.1 Å². The van der Waals surface area contributed by atoms with E-state index < -0.39 is 0 Å². The van der Waals surface area contributed by atoms with Crippen LogP contribution in [0.25, 0.3) is 0 Å². The van der Waals surface area contributed by atoms with E-state index in [1.807, 2.05) is 0 Å². The van der Waals surface area contributed by atoms with Crippen LogP contribution in [-0.4, -0.2) is 10.5 Å².